The summed E-state index contributed by atoms with van der Waals surface area (Å²) in [5.41, 5.74) is 2.78. The molecule has 2 atom stereocenters. The Morgan fingerprint density at radius 1 is 1.35 bits per heavy atom. The van der Waals surface area contributed by atoms with E-state index in [1.54, 1.807) is 6.07 Å². The van der Waals surface area contributed by atoms with Crippen molar-refractivity contribution in [3.8, 4) is 5.75 Å². The van der Waals surface area contributed by atoms with Gasteiger partial charge in [-0.1, -0.05) is 13.0 Å². The number of aromatic hydroxyl groups is 1. The lowest BCUT2D eigenvalue weighted by Crippen LogP contribution is -2.41. The number of ketones is 1. The van der Waals surface area contributed by atoms with Crippen LogP contribution in [0.1, 0.15) is 43.7 Å². The van der Waals surface area contributed by atoms with Crippen LogP contribution in [0.25, 0.3) is 0 Å². The molecule has 0 aliphatic heterocycles. The van der Waals surface area contributed by atoms with Crippen molar-refractivity contribution < 1.29 is 9.90 Å². The maximum atomic E-state index is 11.6. The summed E-state index contributed by atoms with van der Waals surface area (Å²) in [5, 5.41) is 9.56. The van der Waals surface area contributed by atoms with E-state index in [0.717, 1.165) is 25.7 Å². The van der Waals surface area contributed by atoms with E-state index < -0.39 is 0 Å². The molecule has 3 rings (SSSR count). The van der Waals surface area contributed by atoms with Gasteiger partial charge in [0.1, 0.15) is 11.5 Å². The zero-order valence-corrected chi connectivity index (χ0v) is 10.2. The second-order valence-corrected chi connectivity index (χ2v) is 5.74. The maximum Gasteiger partial charge on any atom is 0.133 e. The topological polar surface area (TPSA) is 37.3 Å². The Hall–Kier alpha value is -1.31. The number of carbonyl (C=O) groups is 1. The van der Waals surface area contributed by atoms with Crippen molar-refractivity contribution in [1.29, 1.82) is 0 Å². The van der Waals surface area contributed by atoms with E-state index in [1.807, 2.05) is 6.07 Å². The van der Waals surface area contributed by atoms with Crippen molar-refractivity contribution in [2.45, 2.75) is 44.4 Å². The minimum atomic E-state index is 0.148. The lowest BCUT2D eigenvalue weighted by atomic mass is 9.58. The molecule has 1 aromatic rings. The molecule has 1 aromatic carbocycles. The average Bonchev–Trinajstić information content (AvgIpc) is 2.30. The third-order valence-electron chi connectivity index (χ3n) is 4.76. The number of benzene rings is 1. The average molecular weight is 230 g/mol. The zero-order valence-electron chi connectivity index (χ0n) is 10.2. The van der Waals surface area contributed by atoms with Gasteiger partial charge in [-0.3, -0.25) is 4.79 Å². The molecule has 0 amide bonds. The third-order valence-corrected chi connectivity index (χ3v) is 4.76. The monoisotopic (exact) mass is 230 g/mol. The van der Waals surface area contributed by atoms with Crippen molar-refractivity contribution in [2.24, 2.45) is 5.92 Å². The summed E-state index contributed by atoms with van der Waals surface area (Å²) in [5.74, 6) is 1.29. The second-order valence-electron chi connectivity index (χ2n) is 5.74. The number of hydrogen-bond acceptors (Lipinski definition) is 2. The first-order valence-corrected chi connectivity index (χ1v) is 6.44. The molecule has 2 aliphatic rings. The molecule has 0 bridgehead atoms. The highest BCUT2D eigenvalue weighted by molar-refractivity contribution is 5.80. The first-order chi connectivity index (χ1) is 8.09. The van der Waals surface area contributed by atoms with Crippen LogP contribution in [0.3, 0.4) is 0 Å². The van der Waals surface area contributed by atoms with E-state index in [2.05, 4.69) is 13.0 Å². The maximum absolute atomic E-state index is 11.6. The molecular formula is C15H18O2. The minimum absolute atomic E-state index is 0.148. The lowest BCUT2D eigenvalue weighted by Gasteiger charge is -2.46. The highest BCUT2D eigenvalue weighted by Gasteiger charge is 2.43. The van der Waals surface area contributed by atoms with Crippen molar-refractivity contribution in [2.75, 3.05) is 0 Å². The minimum Gasteiger partial charge on any atom is -0.508 e. The fourth-order valence-electron chi connectivity index (χ4n) is 3.65. The van der Waals surface area contributed by atoms with Crippen LogP contribution < -0.4 is 0 Å². The Morgan fingerprint density at radius 3 is 3.00 bits per heavy atom. The van der Waals surface area contributed by atoms with Gasteiger partial charge in [0, 0.05) is 12.8 Å². The molecule has 0 saturated heterocycles. The molecule has 1 N–H and O–H groups in total. The van der Waals surface area contributed by atoms with E-state index in [4.69, 9.17) is 0 Å². The third kappa shape index (κ3) is 1.58. The molecule has 0 spiro atoms. The van der Waals surface area contributed by atoms with Crippen LogP contribution in [0.2, 0.25) is 0 Å². The van der Waals surface area contributed by atoms with Crippen molar-refractivity contribution in [3.63, 3.8) is 0 Å². The Balaban J connectivity index is 2.07. The molecule has 2 aliphatic carbocycles. The van der Waals surface area contributed by atoms with Gasteiger partial charge in [-0.25, -0.2) is 0 Å². The van der Waals surface area contributed by atoms with Crippen LogP contribution in [0.5, 0.6) is 5.75 Å². The summed E-state index contributed by atoms with van der Waals surface area (Å²) in [4.78, 5) is 11.6. The standard InChI is InChI=1S/C15H18O2/c1-15-7-6-13(17)9-11(15)3-2-10-8-12(16)4-5-14(10)15/h4-5,8,11,16H,2-3,6-7,9H2,1H3/t11-,15+/m0/s1. The molecular weight excluding hydrogens is 212 g/mol. The van der Waals surface area contributed by atoms with Crippen LogP contribution in [0.4, 0.5) is 0 Å². The van der Waals surface area contributed by atoms with E-state index in [-0.39, 0.29) is 5.41 Å². The molecule has 2 heteroatoms. The molecule has 0 heterocycles. The van der Waals surface area contributed by atoms with Gasteiger partial charge in [0.05, 0.1) is 0 Å². The highest BCUT2D eigenvalue weighted by atomic mass is 16.3. The molecule has 1 fully saturated rings. The van der Waals surface area contributed by atoms with Gasteiger partial charge in [-0.15, -0.1) is 0 Å². The Kier molecular flexibility index (Phi) is 2.29. The fraction of sp³-hybridized carbons (Fsp3) is 0.533. The molecule has 0 aromatic heterocycles. The number of phenols is 1. The van der Waals surface area contributed by atoms with Crippen LogP contribution in [-0.4, -0.2) is 10.9 Å². The van der Waals surface area contributed by atoms with Crippen LogP contribution in [0, 0.1) is 5.92 Å². The molecule has 90 valence electrons. The smallest absolute Gasteiger partial charge is 0.133 e. The van der Waals surface area contributed by atoms with Crippen LogP contribution >= 0.6 is 0 Å². The van der Waals surface area contributed by atoms with Gasteiger partial charge in [0.15, 0.2) is 0 Å². The summed E-state index contributed by atoms with van der Waals surface area (Å²) in [7, 11) is 0. The van der Waals surface area contributed by atoms with Gasteiger partial charge < -0.3 is 5.11 Å². The molecule has 1 saturated carbocycles. The van der Waals surface area contributed by atoms with E-state index in [9.17, 15) is 9.90 Å². The predicted molar refractivity (Wildman–Crippen MR) is 66.1 cm³/mol. The van der Waals surface area contributed by atoms with Crippen molar-refractivity contribution >= 4 is 5.78 Å². The number of carbonyl (C=O) groups excluding carboxylic acids is 1. The lowest BCUT2D eigenvalue weighted by molar-refractivity contribution is -0.123. The normalized spacial score (nSPS) is 31.8. The second kappa shape index (κ2) is 3.59. The number of aryl methyl sites for hydroxylation is 1. The predicted octanol–water partition coefficient (Wildman–Crippen LogP) is 2.97. The highest BCUT2D eigenvalue weighted by Crippen LogP contribution is 2.49. The summed E-state index contributed by atoms with van der Waals surface area (Å²) in [6, 6.07) is 5.74. The van der Waals surface area contributed by atoms with Gasteiger partial charge in [-0.05, 0) is 53.9 Å². The summed E-state index contributed by atoms with van der Waals surface area (Å²) < 4.78 is 0. The number of Topliss-reactive ketones (excluding diaryl/α,β-unsaturated/α-hetero) is 1. The molecule has 0 unspecified atom stereocenters. The Labute approximate surface area is 102 Å². The summed E-state index contributed by atoms with van der Waals surface area (Å²) >= 11 is 0. The largest absolute Gasteiger partial charge is 0.508 e. The number of fused-ring (bicyclic) bond motifs is 3. The first kappa shape index (κ1) is 10.8. The fourth-order valence-corrected chi connectivity index (χ4v) is 3.65. The van der Waals surface area contributed by atoms with Gasteiger partial charge >= 0.3 is 0 Å². The summed E-state index contributed by atoms with van der Waals surface area (Å²) in [6.07, 6.45) is 4.51. The van der Waals surface area contributed by atoms with Gasteiger partial charge in [0.2, 0.25) is 0 Å². The van der Waals surface area contributed by atoms with Crippen molar-refractivity contribution in [1.82, 2.24) is 0 Å². The number of hydrogen-bond donors (Lipinski definition) is 1. The van der Waals surface area contributed by atoms with Crippen molar-refractivity contribution in [3.05, 3.63) is 29.3 Å². The number of phenolic OH excluding ortho intramolecular Hbond substituents is 1. The molecule has 0 radical (unpaired) electrons. The number of rotatable bonds is 0. The van der Waals surface area contributed by atoms with E-state index in [0.29, 0.717) is 23.9 Å². The Morgan fingerprint density at radius 2 is 2.18 bits per heavy atom. The van der Waals surface area contributed by atoms with Gasteiger partial charge in [0.25, 0.3) is 0 Å². The molecule has 17 heavy (non-hydrogen) atoms. The zero-order chi connectivity index (χ0) is 12.0. The Bertz CT molecular complexity index is 478. The first-order valence-electron chi connectivity index (χ1n) is 6.44. The summed E-state index contributed by atoms with van der Waals surface area (Å²) in [6.45, 7) is 2.29. The van der Waals surface area contributed by atoms with E-state index >= 15 is 0 Å². The quantitative estimate of drug-likeness (QED) is 0.744. The van der Waals surface area contributed by atoms with Gasteiger partial charge in [-0.2, -0.15) is 0 Å². The molecule has 2 nitrogen and oxygen atoms in total. The SMILES string of the molecule is C[C@@]12CCC(=O)C[C@@H]1CCc1cc(O)ccc12. The van der Waals surface area contributed by atoms with Crippen LogP contribution in [-0.2, 0) is 16.6 Å². The van der Waals surface area contributed by atoms with Crippen LogP contribution in [0.15, 0.2) is 18.2 Å². The van der Waals surface area contributed by atoms with E-state index in [1.165, 1.54) is 11.1 Å².